The molecule has 1 atom stereocenters. The molecule has 1 aromatic heterocycles. The summed E-state index contributed by atoms with van der Waals surface area (Å²) >= 11 is 1.23. The lowest BCUT2D eigenvalue weighted by Crippen LogP contribution is -2.33. The zero-order valence-corrected chi connectivity index (χ0v) is 15.6. The van der Waals surface area contributed by atoms with Gasteiger partial charge in [0.1, 0.15) is 0 Å². The fourth-order valence-corrected chi connectivity index (χ4v) is 3.43. The fraction of sp³-hybridized carbons (Fsp3) is 0.211. The summed E-state index contributed by atoms with van der Waals surface area (Å²) in [5.41, 5.74) is 1.57. The first-order chi connectivity index (χ1) is 13.1. The van der Waals surface area contributed by atoms with Crippen LogP contribution in [0, 0.1) is 0 Å². The van der Waals surface area contributed by atoms with Crippen molar-refractivity contribution in [1.29, 1.82) is 0 Å². The topological polar surface area (TPSA) is 77.7 Å². The molecule has 0 N–H and O–H groups in total. The van der Waals surface area contributed by atoms with E-state index in [4.69, 9.17) is 13.9 Å². The van der Waals surface area contributed by atoms with Crippen LogP contribution >= 0.6 is 11.8 Å². The number of amides is 1. The third kappa shape index (κ3) is 3.61. The highest BCUT2D eigenvalue weighted by Crippen LogP contribution is 2.36. The van der Waals surface area contributed by atoms with E-state index in [-0.39, 0.29) is 18.0 Å². The maximum absolute atomic E-state index is 12.6. The lowest BCUT2D eigenvalue weighted by molar-refractivity contribution is -0.117. The van der Waals surface area contributed by atoms with Crippen LogP contribution in [0.3, 0.4) is 0 Å². The fourth-order valence-electron chi connectivity index (χ4n) is 2.66. The smallest absolute Gasteiger partial charge is 0.277 e. The van der Waals surface area contributed by atoms with E-state index in [0.717, 1.165) is 11.3 Å². The van der Waals surface area contributed by atoms with Crippen LogP contribution in [0.4, 0.5) is 5.69 Å². The molecule has 0 bridgehead atoms. The van der Waals surface area contributed by atoms with Gasteiger partial charge in [0.25, 0.3) is 5.22 Å². The van der Waals surface area contributed by atoms with Crippen LogP contribution < -0.4 is 14.4 Å². The van der Waals surface area contributed by atoms with E-state index in [1.165, 1.54) is 11.8 Å². The first-order valence-electron chi connectivity index (χ1n) is 8.34. The Morgan fingerprint density at radius 3 is 2.70 bits per heavy atom. The molecule has 0 saturated heterocycles. The monoisotopic (exact) mass is 383 g/mol. The number of rotatable bonds is 5. The van der Waals surface area contributed by atoms with Gasteiger partial charge in [0.05, 0.1) is 5.25 Å². The summed E-state index contributed by atoms with van der Waals surface area (Å²) < 4.78 is 16.4. The van der Waals surface area contributed by atoms with Gasteiger partial charge in [-0.25, -0.2) is 0 Å². The number of carbonyl (C=O) groups excluding carboxylic acids is 1. The van der Waals surface area contributed by atoms with Crippen LogP contribution in [0.5, 0.6) is 11.5 Å². The van der Waals surface area contributed by atoms with E-state index in [0.29, 0.717) is 22.6 Å². The molecule has 0 fully saturated rings. The number of anilines is 1. The van der Waals surface area contributed by atoms with Gasteiger partial charge in [0.2, 0.25) is 18.6 Å². The van der Waals surface area contributed by atoms with Crippen molar-refractivity contribution in [3.05, 3.63) is 48.5 Å². The molecule has 8 heteroatoms. The van der Waals surface area contributed by atoms with Crippen molar-refractivity contribution in [3.8, 4) is 23.0 Å². The lowest BCUT2D eigenvalue weighted by atomic mass is 10.2. The molecule has 27 heavy (non-hydrogen) atoms. The van der Waals surface area contributed by atoms with E-state index in [2.05, 4.69) is 10.2 Å². The van der Waals surface area contributed by atoms with Gasteiger partial charge in [-0.3, -0.25) is 4.79 Å². The maximum Gasteiger partial charge on any atom is 0.277 e. The molecule has 2 aromatic carbocycles. The average molecular weight is 383 g/mol. The second-order valence-corrected chi connectivity index (χ2v) is 7.23. The molecule has 4 rings (SSSR count). The zero-order valence-electron chi connectivity index (χ0n) is 14.8. The Morgan fingerprint density at radius 1 is 1.11 bits per heavy atom. The van der Waals surface area contributed by atoms with E-state index in [1.807, 2.05) is 43.3 Å². The van der Waals surface area contributed by atoms with Crippen LogP contribution in [-0.2, 0) is 4.79 Å². The number of fused-ring (bicyclic) bond motifs is 1. The predicted molar refractivity (Wildman–Crippen MR) is 101 cm³/mol. The second kappa shape index (κ2) is 7.32. The van der Waals surface area contributed by atoms with Gasteiger partial charge in [0.15, 0.2) is 11.5 Å². The van der Waals surface area contributed by atoms with Gasteiger partial charge in [-0.1, -0.05) is 30.0 Å². The number of nitrogens with zero attached hydrogens (tertiary/aromatic N) is 3. The average Bonchev–Trinajstić information content (AvgIpc) is 3.36. The summed E-state index contributed by atoms with van der Waals surface area (Å²) in [6.45, 7) is 2.02. The largest absolute Gasteiger partial charge is 0.454 e. The molecule has 1 amide bonds. The summed E-state index contributed by atoms with van der Waals surface area (Å²) in [5, 5.41) is 8.08. The number of para-hydroxylation sites is 1. The maximum atomic E-state index is 12.6. The number of ether oxygens (including phenoxy) is 2. The van der Waals surface area contributed by atoms with Gasteiger partial charge in [-0.15, -0.1) is 10.2 Å². The molecule has 1 aliphatic rings. The van der Waals surface area contributed by atoms with Gasteiger partial charge in [-0.2, -0.15) is 0 Å². The summed E-state index contributed by atoms with van der Waals surface area (Å²) in [7, 11) is 1.75. The number of carbonyl (C=O) groups is 1. The van der Waals surface area contributed by atoms with Gasteiger partial charge in [0, 0.05) is 18.3 Å². The minimum atomic E-state index is -0.375. The quantitative estimate of drug-likeness (QED) is 0.623. The first-order valence-corrected chi connectivity index (χ1v) is 9.22. The third-order valence-corrected chi connectivity index (χ3v) is 5.05. The Morgan fingerprint density at radius 2 is 1.89 bits per heavy atom. The van der Waals surface area contributed by atoms with E-state index >= 15 is 0 Å². The zero-order chi connectivity index (χ0) is 18.8. The van der Waals surface area contributed by atoms with E-state index in [1.54, 1.807) is 24.1 Å². The predicted octanol–water partition coefficient (Wildman–Crippen LogP) is 3.61. The normalized spacial score (nSPS) is 13.4. The number of hydrogen-bond donors (Lipinski definition) is 0. The summed E-state index contributed by atoms with van der Waals surface area (Å²) in [6, 6.07) is 14.9. The van der Waals surface area contributed by atoms with Crippen molar-refractivity contribution >= 4 is 23.4 Å². The Bertz CT molecular complexity index is 961. The van der Waals surface area contributed by atoms with Crippen LogP contribution in [0.2, 0.25) is 0 Å². The Hall–Kier alpha value is -3.00. The van der Waals surface area contributed by atoms with Crippen molar-refractivity contribution < 1.29 is 18.7 Å². The van der Waals surface area contributed by atoms with Crippen LogP contribution in [-0.4, -0.2) is 35.2 Å². The van der Waals surface area contributed by atoms with Crippen LogP contribution in [0.15, 0.2) is 58.2 Å². The van der Waals surface area contributed by atoms with Crippen molar-refractivity contribution in [2.75, 3.05) is 18.7 Å². The molecule has 0 spiro atoms. The Kier molecular flexibility index (Phi) is 4.72. The summed E-state index contributed by atoms with van der Waals surface area (Å²) in [6.07, 6.45) is 0. The Balaban J connectivity index is 1.45. The number of hydrogen-bond acceptors (Lipinski definition) is 7. The van der Waals surface area contributed by atoms with Gasteiger partial charge in [-0.05, 0) is 37.3 Å². The van der Waals surface area contributed by atoms with E-state index in [9.17, 15) is 4.79 Å². The molecule has 138 valence electrons. The minimum Gasteiger partial charge on any atom is -0.454 e. The molecule has 2 heterocycles. The molecule has 0 aliphatic carbocycles. The number of benzene rings is 2. The van der Waals surface area contributed by atoms with Crippen molar-refractivity contribution in [2.24, 2.45) is 0 Å². The first kappa shape index (κ1) is 17.4. The summed E-state index contributed by atoms with van der Waals surface area (Å²) in [4.78, 5) is 14.3. The van der Waals surface area contributed by atoms with Crippen molar-refractivity contribution in [3.63, 3.8) is 0 Å². The SMILES string of the molecule is C[C@H](Sc1nnc(-c2ccc3c(c2)OCO3)o1)C(=O)N(C)c1ccccc1. The molecule has 7 nitrogen and oxygen atoms in total. The molecule has 0 radical (unpaired) electrons. The van der Waals surface area contributed by atoms with Crippen molar-refractivity contribution in [1.82, 2.24) is 10.2 Å². The third-order valence-electron chi connectivity index (χ3n) is 4.13. The van der Waals surface area contributed by atoms with Crippen LogP contribution in [0.25, 0.3) is 11.5 Å². The molecular formula is C19H17N3O4S. The van der Waals surface area contributed by atoms with Gasteiger partial charge < -0.3 is 18.8 Å². The minimum absolute atomic E-state index is 0.0472. The lowest BCUT2D eigenvalue weighted by Gasteiger charge is -2.20. The van der Waals surface area contributed by atoms with Crippen molar-refractivity contribution in [2.45, 2.75) is 17.4 Å². The highest BCUT2D eigenvalue weighted by atomic mass is 32.2. The molecular weight excluding hydrogens is 366 g/mol. The molecule has 3 aromatic rings. The molecule has 0 unspecified atom stereocenters. The van der Waals surface area contributed by atoms with E-state index < -0.39 is 0 Å². The molecule has 0 saturated carbocycles. The Labute approximate surface area is 160 Å². The highest BCUT2D eigenvalue weighted by Gasteiger charge is 2.23. The number of aromatic nitrogens is 2. The van der Waals surface area contributed by atoms with Gasteiger partial charge >= 0.3 is 0 Å². The standard InChI is InChI=1S/C19H17N3O4S/c1-12(18(23)22(2)14-6-4-3-5-7-14)27-19-21-20-17(26-19)13-8-9-15-16(10-13)25-11-24-15/h3-10,12H,11H2,1-2H3/t12-/m0/s1. The highest BCUT2D eigenvalue weighted by molar-refractivity contribution is 8.00. The number of thioether (sulfide) groups is 1. The second-order valence-electron chi connectivity index (χ2n) is 5.93. The summed E-state index contributed by atoms with van der Waals surface area (Å²) in [5.74, 6) is 1.66. The molecule has 1 aliphatic heterocycles. The van der Waals surface area contributed by atoms with Crippen LogP contribution in [0.1, 0.15) is 6.92 Å².